The van der Waals surface area contributed by atoms with Gasteiger partial charge in [-0.1, -0.05) is 78.4 Å². The van der Waals surface area contributed by atoms with Crippen molar-refractivity contribution in [3.8, 4) is 0 Å². The molecule has 0 bridgehead atoms. The lowest BCUT2D eigenvalue weighted by molar-refractivity contribution is 0.662. The highest BCUT2D eigenvalue weighted by Gasteiger charge is 2.19. The van der Waals surface area contributed by atoms with Gasteiger partial charge in [0, 0.05) is 0 Å². The molecule has 0 N–H and O–H groups in total. The Morgan fingerprint density at radius 2 is 1.88 bits per heavy atom. The number of halogens is 2. The topological polar surface area (TPSA) is 47.8 Å². The smallest absolute Gasteiger partial charge is 0.281 e. The Labute approximate surface area is 162 Å². The fourth-order valence-electron chi connectivity index (χ4n) is 2.24. The number of aromatic nitrogens is 3. The van der Waals surface area contributed by atoms with Crippen LogP contribution in [-0.4, -0.2) is 14.5 Å². The van der Waals surface area contributed by atoms with Crippen molar-refractivity contribution < 1.29 is 0 Å². The van der Waals surface area contributed by atoms with Crippen molar-refractivity contribution in [2.45, 2.75) is 38.6 Å². The van der Waals surface area contributed by atoms with Crippen LogP contribution >= 0.6 is 43.2 Å². The summed E-state index contributed by atoms with van der Waals surface area (Å²) in [4.78, 5) is 22.5. The molecular weight excluding hydrogens is 454 g/mol. The summed E-state index contributed by atoms with van der Waals surface area (Å²) in [7, 11) is 0. The molecule has 1 atom stereocenters. The quantitative estimate of drug-likeness (QED) is 0.468. The second-order valence-corrected chi connectivity index (χ2v) is 8.20. The number of nitrogens with zero attached hydrogens (tertiary/aromatic N) is 3. The average molecular weight is 473 g/mol. The molecule has 2 aromatic heterocycles. The lowest BCUT2D eigenvalue weighted by Crippen LogP contribution is -2.26. The predicted octanol–water partition coefficient (Wildman–Crippen LogP) is 5.54. The van der Waals surface area contributed by atoms with Crippen molar-refractivity contribution in [2.24, 2.45) is 0 Å². The van der Waals surface area contributed by atoms with E-state index in [1.165, 1.54) is 11.3 Å². The first kappa shape index (κ1) is 19.3. The minimum Gasteiger partial charge on any atom is -0.289 e. The summed E-state index contributed by atoms with van der Waals surface area (Å²) in [5.41, 5.74) is 1.40. The molecule has 7 heteroatoms. The summed E-state index contributed by atoms with van der Waals surface area (Å²) in [5, 5.41) is 0. The maximum absolute atomic E-state index is 12.8. The van der Waals surface area contributed by atoms with Crippen molar-refractivity contribution >= 4 is 53.5 Å². The van der Waals surface area contributed by atoms with Crippen molar-refractivity contribution in [3.63, 3.8) is 0 Å². The van der Waals surface area contributed by atoms with Crippen LogP contribution in [-0.2, 0) is 6.54 Å². The molecule has 0 radical (unpaired) electrons. The van der Waals surface area contributed by atoms with Gasteiger partial charge in [-0.25, -0.2) is 9.97 Å². The third kappa shape index (κ3) is 4.13. The molecule has 4 nitrogen and oxygen atoms in total. The zero-order chi connectivity index (χ0) is 17.7. The van der Waals surface area contributed by atoms with E-state index in [0.29, 0.717) is 20.8 Å². The third-order valence-electron chi connectivity index (χ3n) is 3.35. The second-order valence-electron chi connectivity index (χ2n) is 4.84. The molecule has 128 valence electrons. The first-order valence-corrected chi connectivity index (χ1v) is 10.4. The fraction of sp³-hybridized carbons (Fsp3) is 0.353. The van der Waals surface area contributed by atoms with Crippen LogP contribution < -0.4 is 5.56 Å². The first-order chi connectivity index (χ1) is 11.6. The molecule has 0 saturated carbocycles. The standard InChI is InChI=1S/C15H13Br2N3OS.C2H6/c1-2-10(16)12-19-13-11(18-15(17)22-13)14(21)20(12)8-9-6-4-3-5-7-9;1-2/h3-7,10H,2,8H2,1H3;1-2H3. The molecule has 2 heterocycles. The van der Waals surface area contributed by atoms with E-state index in [0.717, 1.165) is 17.8 Å². The number of alkyl halides is 1. The van der Waals surface area contributed by atoms with Gasteiger partial charge in [0.2, 0.25) is 0 Å². The van der Waals surface area contributed by atoms with Crippen LogP contribution in [0.5, 0.6) is 0 Å². The van der Waals surface area contributed by atoms with Crippen molar-refractivity contribution in [3.05, 3.63) is 56.0 Å². The van der Waals surface area contributed by atoms with Crippen LogP contribution in [0, 0.1) is 0 Å². The highest BCUT2D eigenvalue weighted by Crippen LogP contribution is 2.28. The number of fused-ring (bicyclic) bond motifs is 1. The molecule has 3 rings (SSSR count). The summed E-state index contributed by atoms with van der Waals surface area (Å²) < 4.78 is 2.39. The Bertz CT molecular complexity index is 861. The fourth-order valence-corrected chi connectivity index (χ4v) is 3.89. The monoisotopic (exact) mass is 471 g/mol. The highest BCUT2D eigenvalue weighted by molar-refractivity contribution is 9.11. The second kappa shape index (κ2) is 8.87. The van der Waals surface area contributed by atoms with Crippen LogP contribution in [0.25, 0.3) is 10.3 Å². The van der Waals surface area contributed by atoms with Crippen molar-refractivity contribution in [2.75, 3.05) is 0 Å². The molecule has 0 aliphatic rings. The van der Waals surface area contributed by atoms with Gasteiger partial charge in [0.15, 0.2) is 14.3 Å². The molecule has 1 aromatic carbocycles. The molecule has 0 aliphatic carbocycles. The van der Waals surface area contributed by atoms with Crippen molar-refractivity contribution in [1.29, 1.82) is 0 Å². The molecule has 0 spiro atoms. The van der Waals surface area contributed by atoms with Gasteiger partial charge in [-0.15, -0.1) is 0 Å². The highest BCUT2D eigenvalue weighted by atomic mass is 79.9. The zero-order valence-corrected chi connectivity index (χ0v) is 17.8. The summed E-state index contributed by atoms with van der Waals surface area (Å²) in [6, 6.07) is 9.92. The van der Waals surface area contributed by atoms with Crippen LogP contribution in [0.3, 0.4) is 0 Å². The zero-order valence-electron chi connectivity index (χ0n) is 13.8. The molecule has 0 fully saturated rings. The lowest BCUT2D eigenvalue weighted by atomic mass is 10.2. The van der Waals surface area contributed by atoms with Gasteiger partial charge in [0.25, 0.3) is 5.56 Å². The number of hydrogen-bond donors (Lipinski definition) is 0. The average Bonchev–Trinajstić information content (AvgIpc) is 3.00. The van der Waals surface area contributed by atoms with E-state index in [-0.39, 0.29) is 10.4 Å². The summed E-state index contributed by atoms with van der Waals surface area (Å²) in [6.07, 6.45) is 0.854. The Hall–Kier alpha value is -1.05. The largest absolute Gasteiger partial charge is 0.289 e. The predicted molar refractivity (Wildman–Crippen MR) is 108 cm³/mol. The number of benzene rings is 1. The summed E-state index contributed by atoms with van der Waals surface area (Å²) in [6.45, 7) is 6.56. The van der Waals surface area contributed by atoms with E-state index in [4.69, 9.17) is 0 Å². The Morgan fingerprint density at radius 3 is 2.50 bits per heavy atom. The van der Waals surface area contributed by atoms with E-state index in [1.54, 1.807) is 4.57 Å². The van der Waals surface area contributed by atoms with E-state index in [1.807, 2.05) is 44.2 Å². The maximum atomic E-state index is 12.8. The van der Waals surface area contributed by atoms with Gasteiger partial charge < -0.3 is 0 Å². The molecule has 0 amide bonds. The van der Waals surface area contributed by atoms with Gasteiger partial charge in [-0.05, 0) is 27.9 Å². The Kier molecular flexibility index (Phi) is 7.13. The molecule has 0 saturated heterocycles. The normalized spacial score (nSPS) is 11.9. The van der Waals surface area contributed by atoms with E-state index in [9.17, 15) is 4.79 Å². The first-order valence-electron chi connectivity index (χ1n) is 7.85. The molecule has 1 unspecified atom stereocenters. The number of hydrogen-bond acceptors (Lipinski definition) is 4. The van der Waals surface area contributed by atoms with Gasteiger partial charge in [-0.2, -0.15) is 0 Å². The summed E-state index contributed by atoms with van der Waals surface area (Å²) in [5.74, 6) is 0.750. The SMILES string of the molecule is CC.CCC(Br)c1nc2sc(Br)nc2c(=O)n1Cc1ccccc1. The minimum absolute atomic E-state index is 0.0363. The molecule has 24 heavy (non-hydrogen) atoms. The van der Waals surface area contributed by atoms with E-state index in [2.05, 4.69) is 48.8 Å². The van der Waals surface area contributed by atoms with Crippen molar-refractivity contribution in [1.82, 2.24) is 14.5 Å². The van der Waals surface area contributed by atoms with Crippen LogP contribution in [0.15, 0.2) is 39.0 Å². The van der Waals surface area contributed by atoms with Gasteiger partial charge in [0.05, 0.1) is 11.4 Å². The number of rotatable bonds is 4. The third-order valence-corrected chi connectivity index (χ3v) is 5.80. The van der Waals surface area contributed by atoms with E-state index >= 15 is 0 Å². The summed E-state index contributed by atoms with van der Waals surface area (Å²) >= 11 is 8.35. The van der Waals surface area contributed by atoms with Gasteiger partial charge in [0.1, 0.15) is 5.82 Å². The Balaban J connectivity index is 0.00000100. The van der Waals surface area contributed by atoms with Crippen LogP contribution in [0.4, 0.5) is 0 Å². The molecule has 3 aromatic rings. The molecular formula is C17H19Br2N3OS. The minimum atomic E-state index is -0.0938. The van der Waals surface area contributed by atoms with E-state index < -0.39 is 0 Å². The lowest BCUT2D eigenvalue weighted by Gasteiger charge is -2.15. The van der Waals surface area contributed by atoms with Gasteiger partial charge in [-0.3, -0.25) is 9.36 Å². The van der Waals surface area contributed by atoms with Crippen LogP contribution in [0.2, 0.25) is 0 Å². The maximum Gasteiger partial charge on any atom is 0.281 e. The molecule has 0 aliphatic heterocycles. The van der Waals surface area contributed by atoms with Crippen LogP contribution in [0.1, 0.15) is 43.4 Å². The Morgan fingerprint density at radius 1 is 1.21 bits per heavy atom. The van der Waals surface area contributed by atoms with Gasteiger partial charge >= 0.3 is 0 Å². The number of thiazole rings is 1.